The van der Waals surface area contributed by atoms with Gasteiger partial charge in [0.25, 0.3) is 0 Å². The van der Waals surface area contributed by atoms with Gasteiger partial charge < -0.3 is 24.6 Å². The van der Waals surface area contributed by atoms with Crippen LogP contribution >= 0.6 is 0 Å². The minimum Gasteiger partial charge on any atom is -0.486 e. The number of rotatable bonds is 2. The Kier molecular flexibility index (Phi) is 4.55. The molecule has 0 spiro atoms. The van der Waals surface area contributed by atoms with Gasteiger partial charge in [0.15, 0.2) is 17.6 Å². The number of carbonyl (C=O) groups excluding carboxylic acids is 2. The fourth-order valence-corrected chi connectivity index (χ4v) is 2.70. The summed E-state index contributed by atoms with van der Waals surface area (Å²) in [5.74, 6) is 1.49. The van der Waals surface area contributed by atoms with Crippen LogP contribution in [0.2, 0.25) is 0 Å². The summed E-state index contributed by atoms with van der Waals surface area (Å²) >= 11 is 0. The van der Waals surface area contributed by atoms with E-state index in [1.807, 2.05) is 24.3 Å². The fourth-order valence-electron chi connectivity index (χ4n) is 2.70. The minimum atomic E-state index is -0.202. The van der Waals surface area contributed by atoms with Gasteiger partial charge >= 0.3 is 6.03 Å². The quantitative estimate of drug-likeness (QED) is 0.871. The second kappa shape index (κ2) is 6.76. The highest BCUT2D eigenvalue weighted by Crippen LogP contribution is 2.30. The Balaban J connectivity index is 1.44. The van der Waals surface area contributed by atoms with Gasteiger partial charge in [-0.3, -0.25) is 4.79 Å². The summed E-state index contributed by atoms with van der Waals surface area (Å²) in [6, 6.07) is 7.36. The van der Waals surface area contributed by atoms with E-state index in [1.54, 1.807) is 16.7 Å². The number of carbonyl (C=O) groups is 2. The molecule has 2 heterocycles. The van der Waals surface area contributed by atoms with Crippen molar-refractivity contribution in [2.75, 3.05) is 39.3 Å². The van der Waals surface area contributed by atoms with Gasteiger partial charge in [0.2, 0.25) is 5.91 Å². The molecule has 0 aliphatic carbocycles. The molecular weight excluding hydrogens is 298 g/mol. The van der Waals surface area contributed by atoms with Crippen molar-refractivity contribution in [1.29, 1.82) is 0 Å². The molecule has 3 amide bonds. The van der Waals surface area contributed by atoms with Crippen LogP contribution in [0.15, 0.2) is 24.3 Å². The van der Waals surface area contributed by atoms with E-state index in [2.05, 4.69) is 5.32 Å². The molecule has 1 saturated heterocycles. The van der Waals surface area contributed by atoms with E-state index >= 15 is 0 Å². The SMILES string of the molecule is CC(=O)N1CCN(C(=O)NCC2COc3ccccc3O2)CC1. The predicted octanol–water partition coefficient (Wildman–Crippen LogP) is 0.700. The van der Waals surface area contributed by atoms with Gasteiger partial charge in [0, 0.05) is 33.1 Å². The van der Waals surface area contributed by atoms with E-state index in [0.29, 0.717) is 45.1 Å². The third-order valence-corrected chi connectivity index (χ3v) is 4.06. The number of para-hydroxylation sites is 2. The van der Waals surface area contributed by atoms with Crippen LogP contribution in [0.5, 0.6) is 11.5 Å². The Morgan fingerprint density at radius 1 is 1.13 bits per heavy atom. The number of amides is 3. The van der Waals surface area contributed by atoms with Gasteiger partial charge in [-0.25, -0.2) is 4.79 Å². The zero-order valence-corrected chi connectivity index (χ0v) is 13.2. The first-order valence-electron chi connectivity index (χ1n) is 7.80. The number of urea groups is 1. The zero-order chi connectivity index (χ0) is 16.2. The molecule has 23 heavy (non-hydrogen) atoms. The maximum absolute atomic E-state index is 12.2. The van der Waals surface area contributed by atoms with Gasteiger partial charge in [-0.2, -0.15) is 0 Å². The topological polar surface area (TPSA) is 71.1 Å². The maximum atomic E-state index is 12.2. The normalized spacial score (nSPS) is 20.1. The predicted molar refractivity (Wildman–Crippen MR) is 83.6 cm³/mol. The third kappa shape index (κ3) is 3.67. The van der Waals surface area contributed by atoms with Crippen LogP contribution in [0, 0.1) is 0 Å². The van der Waals surface area contributed by atoms with E-state index < -0.39 is 0 Å². The average Bonchev–Trinajstić information content (AvgIpc) is 2.59. The number of benzene rings is 1. The van der Waals surface area contributed by atoms with Crippen molar-refractivity contribution in [3.05, 3.63) is 24.3 Å². The molecule has 0 radical (unpaired) electrons. The molecule has 0 aromatic heterocycles. The summed E-state index contributed by atoms with van der Waals surface area (Å²) < 4.78 is 11.4. The molecule has 1 aromatic rings. The molecule has 1 N–H and O–H groups in total. The summed E-state index contributed by atoms with van der Waals surface area (Å²) in [5.41, 5.74) is 0. The van der Waals surface area contributed by atoms with Gasteiger partial charge in [-0.05, 0) is 12.1 Å². The Bertz CT molecular complexity index is 584. The Morgan fingerprint density at radius 3 is 2.48 bits per heavy atom. The molecular formula is C16H21N3O4. The van der Waals surface area contributed by atoms with Crippen LogP contribution < -0.4 is 14.8 Å². The van der Waals surface area contributed by atoms with Gasteiger partial charge in [0.1, 0.15) is 6.61 Å². The molecule has 124 valence electrons. The lowest BCUT2D eigenvalue weighted by Crippen LogP contribution is -2.54. The standard InChI is InChI=1S/C16H21N3O4/c1-12(20)18-6-8-19(9-7-18)16(21)17-10-13-11-22-14-4-2-3-5-15(14)23-13/h2-5,13H,6-11H2,1H3,(H,17,21). The molecule has 1 fully saturated rings. The first kappa shape index (κ1) is 15.5. The van der Waals surface area contributed by atoms with E-state index in [0.717, 1.165) is 5.75 Å². The number of hydrogen-bond acceptors (Lipinski definition) is 4. The Hall–Kier alpha value is -2.44. The largest absolute Gasteiger partial charge is 0.486 e. The second-order valence-electron chi connectivity index (χ2n) is 5.68. The lowest BCUT2D eigenvalue weighted by molar-refractivity contribution is -0.130. The van der Waals surface area contributed by atoms with E-state index in [-0.39, 0.29) is 18.0 Å². The Morgan fingerprint density at radius 2 is 1.78 bits per heavy atom. The van der Waals surface area contributed by atoms with Crippen LogP contribution in [0.4, 0.5) is 4.79 Å². The number of nitrogens with zero attached hydrogens (tertiary/aromatic N) is 2. The summed E-state index contributed by atoms with van der Waals surface area (Å²) in [4.78, 5) is 26.9. The fraction of sp³-hybridized carbons (Fsp3) is 0.500. The average molecular weight is 319 g/mol. The second-order valence-corrected chi connectivity index (χ2v) is 5.68. The summed E-state index contributed by atoms with van der Waals surface area (Å²) in [7, 11) is 0. The number of fused-ring (bicyclic) bond motifs is 1. The maximum Gasteiger partial charge on any atom is 0.317 e. The van der Waals surface area contributed by atoms with Crippen molar-refractivity contribution in [2.24, 2.45) is 0 Å². The van der Waals surface area contributed by atoms with Crippen molar-refractivity contribution < 1.29 is 19.1 Å². The van der Waals surface area contributed by atoms with Crippen molar-refractivity contribution in [2.45, 2.75) is 13.0 Å². The molecule has 1 atom stereocenters. The first-order valence-corrected chi connectivity index (χ1v) is 7.80. The highest BCUT2D eigenvalue weighted by atomic mass is 16.6. The van der Waals surface area contributed by atoms with Crippen molar-refractivity contribution in [3.8, 4) is 11.5 Å². The smallest absolute Gasteiger partial charge is 0.317 e. The number of piperazine rings is 1. The molecule has 7 heteroatoms. The van der Waals surface area contributed by atoms with Gasteiger partial charge in [0.05, 0.1) is 6.54 Å². The van der Waals surface area contributed by atoms with Crippen LogP contribution in [0.25, 0.3) is 0 Å². The molecule has 0 bridgehead atoms. The lowest BCUT2D eigenvalue weighted by atomic mass is 10.2. The van der Waals surface area contributed by atoms with Gasteiger partial charge in [-0.15, -0.1) is 0 Å². The van der Waals surface area contributed by atoms with Crippen molar-refractivity contribution in [3.63, 3.8) is 0 Å². The van der Waals surface area contributed by atoms with Crippen LogP contribution in [-0.4, -0.2) is 67.2 Å². The molecule has 2 aliphatic heterocycles. The molecule has 1 unspecified atom stereocenters. The number of nitrogens with one attached hydrogen (secondary N) is 1. The summed E-state index contributed by atoms with van der Waals surface area (Å²) in [6.45, 7) is 4.62. The van der Waals surface area contributed by atoms with E-state index in [4.69, 9.17) is 9.47 Å². The summed E-state index contributed by atoms with van der Waals surface area (Å²) in [5, 5.41) is 2.88. The molecule has 0 saturated carbocycles. The van der Waals surface area contributed by atoms with E-state index in [9.17, 15) is 9.59 Å². The first-order chi connectivity index (χ1) is 11.1. The molecule has 3 rings (SSSR count). The summed E-state index contributed by atoms with van der Waals surface area (Å²) in [6.07, 6.45) is -0.202. The highest BCUT2D eigenvalue weighted by Gasteiger charge is 2.25. The minimum absolute atomic E-state index is 0.0523. The van der Waals surface area contributed by atoms with Crippen molar-refractivity contribution >= 4 is 11.9 Å². The van der Waals surface area contributed by atoms with Crippen LogP contribution in [0.1, 0.15) is 6.92 Å². The third-order valence-electron chi connectivity index (χ3n) is 4.06. The van der Waals surface area contributed by atoms with Gasteiger partial charge in [-0.1, -0.05) is 12.1 Å². The highest BCUT2D eigenvalue weighted by molar-refractivity contribution is 5.76. The number of hydrogen-bond donors (Lipinski definition) is 1. The Labute approximate surface area is 135 Å². The number of ether oxygens (including phenoxy) is 2. The monoisotopic (exact) mass is 319 g/mol. The molecule has 2 aliphatic rings. The van der Waals surface area contributed by atoms with E-state index in [1.165, 1.54) is 0 Å². The molecule has 1 aromatic carbocycles. The zero-order valence-electron chi connectivity index (χ0n) is 13.2. The van der Waals surface area contributed by atoms with Crippen molar-refractivity contribution in [1.82, 2.24) is 15.1 Å². The van der Waals surface area contributed by atoms with Crippen LogP contribution in [0.3, 0.4) is 0 Å². The lowest BCUT2D eigenvalue weighted by Gasteiger charge is -2.34. The molecule has 7 nitrogen and oxygen atoms in total. The van der Waals surface area contributed by atoms with Crippen LogP contribution in [-0.2, 0) is 4.79 Å².